The molecule has 0 radical (unpaired) electrons. The Hall–Kier alpha value is -1.38. The summed E-state index contributed by atoms with van der Waals surface area (Å²) in [7, 11) is 0. The van der Waals surface area contributed by atoms with E-state index < -0.39 is 0 Å². The topological polar surface area (TPSA) is 30.5 Å². The zero-order chi connectivity index (χ0) is 14.7. The van der Waals surface area contributed by atoms with Gasteiger partial charge in [-0.25, -0.2) is 0 Å². The Balaban J connectivity index is 1.65. The molecule has 2 aliphatic rings. The standard InChI is InChI=1S/C18H27NO2/c1-3-20-16-7-8-18(21-4-2)17(11-16)19-12-15-10-13-5-6-14(15)9-13/h7-8,11,13-15,19H,3-6,9-10,12H2,1-2H3. The number of nitrogens with one attached hydrogen (secondary N) is 1. The average Bonchev–Trinajstić information content (AvgIpc) is 3.10. The van der Waals surface area contributed by atoms with Crippen LogP contribution in [0, 0.1) is 17.8 Å². The molecule has 0 spiro atoms. The first-order chi connectivity index (χ1) is 10.3. The van der Waals surface area contributed by atoms with Crippen molar-refractivity contribution in [3.8, 4) is 11.5 Å². The molecule has 3 atom stereocenters. The van der Waals surface area contributed by atoms with Gasteiger partial charge in [0.1, 0.15) is 11.5 Å². The Bertz CT molecular complexity index is 474. The van der Waals surface area contributed by atoms with Crippen molar-refractivity contribution in [2.75, 3.05) is 25.1 Å². The molecule has 2 saturated carbocycles. The molecule has 1 aromatic rings. The van der Waals surface area contributed by atoms with E-state index in [0.29, 0.717) is 13.2 Å². The monoisotopic (exact) mass is 289 g/mol. The minimum Gasteiger partial charge on any atom is -0.494 e. The van der Waals surface area contributed by atoms with E-state index in [1.807, 2.05) is 26.0 Å². The van der Waals surface area contributed by atoms with E-state index in [1.165, 1.54) is 25.7 Å². The summed E-state index contributed by atoms with van der Waals surface area (Å²) < 4.78 is 11.3. The van der Waals surface area contributed by atoms with Gasteiger partial charge in [0.05, 0.1) is 18.9 Å². The van der Waals surface area contributed by atoms with Gasteiger partial charge >= 0.3 is 0 Å². The van der Waals surface area contributed by atoms with E-state index in [1.54, 1.807) is 0 Å². The van der Waals surface area contributed by atoms with Crippen LogP contribution in [0.5, 0.6) is 11.5 Å². The second kappa shape index (κ2) is 6.59. The Morgan fingerprint density at radius 3 is 2.62 bits per heavy atom. The van der Waals surface area contributed by atoms with Gasteiger partial charge < -0.3 is 14.8 Å². The number of rotatable bonds is 7. The van der Waals surface area contributed by atoms with Crippen molar-refractivity contribution >= 4 is 5.69 Å². The summed E-state index contributed by atoms with van der Waals surface area (Å²) in [6.45, 7) is 6.49. The minimum absolute atomic E-state index is 0.691. The lowest BCUT2D eigenvalue weighted by atomic mass is 9.89. The van der Waals surface area contributed by atoms with Crippen LogP contribution in [-0.2, 0) is 0 Å². The van der Waals surface area contributed by atoms with Crippen molar-refractivity contribution in [1.29, 1.82) is 0 Å². The predicted octanol–water partition coefficient (Wildman–Crippen LogP) is 4.33. The highest BCUT2D eigenvalue weighted by atomic mass is 16.5. The Morgan fingerprint density at radius 1 is 1.10 bits per heavy atom. The maximum Gasteiger partial charge on any atom is 0.142 e. The molecule has 2 fully saturated rings. The lowest BCUT2D eigenvalue weighted by molar-refractivity contribution is 0.329. The SMILES string of the molecule is CCOc1ccc(OCC)c(NCC2CC3CCC2C3)c1. The number of fused-ring (bicyclic) bond motifs is 2. The maximum atomic E-state index is 5.73. The smallest absolute Gasteiger partial charge is 0.142 e. The Labute approximate surface area is 128 Å². The van der Waals surface area contributed by atoms with Crippen LogP contribution >= 0.6 is 0 Å². The van der Waals surface area contributed by atoms with Gasteiger partial charge in [-0.15, -0.1) is 0 Å². The van der Waals surface area contributed by atoms with Crippen molar-refractivity contribution in [2.24, 2.45) is 17.8 Å². The quantitative estimate of drug-likeness (QED) is 0.810. The van der Waals surface area contributed by atoms with Crippen LogP contribution in [0.3, 0.4) is 0 Å². The van der Waals surface area contributed by atoms with Crippen molar-refractivity contribution < 1.29 is 9.47 Å². The van der Waals surface area contributed by atoms with Crippen LogP contribution in [-0.4, -0.2) is 19.8 Å². The highest BCUT2D eigenvalue weighted by molar-refractivity contribution is 5.59. The number of anilines is 1. The lowest BCUT2D eigenvalue weighted by Gasteiger charge is -2.23. The second-order valence-corrected chi connectivity index (χ2v) is 6.34. The van der Waals surface area contributed by atoms with Gasteiger partial charge in [-0.1, -0.05) is 6.42 Å². The van der Waals surface area contributed by atoms with Crippen LogP contribution < -0.4 is 14.8 Å². The molecule has 3 unspecified atom stereocenters. The third kappa shape index (κ3) is 3.28. The normalized spacial score (nSPS) is 26.9. The first-order valence-electron chi connectivity index (χ1n) is 8.43. The molecule has 1 aromatic carbocycles. The van der Waals surface area contributed by atoms with Crippen molar-refractivity contribution in [1.82, 2.24) is 0 Å². The van der Waals surface area contributed by atoms with Gasteiger partial charge in [0.2, 0.25) is 0 Å². The zero-order valence-electron chi connectivity index (χ0n) is 13.2. The summed E-state index contributed by atoms with van der Waals surface area (Å²) in [6, 6.07) is 6.07. The molecule has 3 heteroatoms. The molecule has 0 saturated heterocycles. The molecular formula is C18H27NO2. The van der Waals surface area contributed by atoms with Gasteiger partial charge in [-0.2, -0.15) is 0 Å². The first kappa shape index (κ1) is 14.6. The third-order valence-corrected chi connectivity index (χ3v) is 5.00. The molecular weight excluding hydrogens is 262 g/mol. The van der Waals surface area contributed by atoms with Crippen LogP contribution in [0.4, 0.5) is 5.69 Å². The highest BCUT2D eigenvalue weighted by Crippen LogP contribution is 2.48. The third-order valence-electron chi connectivity index (χ3n) is 5.00. The molecule has 0 aliphatic heterocycles. The molecule has 0 heterocycles. The summed E-state index contributed by atoms with van der Waals surface area (Å²) >= 11 is 0. The van der Waals surface area contributed by atoms with Crippen LogP contribution in [0.15, 0.2) is 18.2 Å². The second-order valence-electron chi connectivity index (χ2n) is 6.34. The van der Waals surface area contributed by atoms with Gasteiger partial charge in [0.15, 0.2) is 0 Å². The van der Waals surface area contributed by atoms with Crippen molar-refractivity contribution in [3.63, 3.8) is 0 Å². The van der Waals surface area contributed by atoms with E-state index in [0.717, 1.165) is 41.5 Å². The van der Waals surface area contributed by atoms with Crippen molar-refractivity contribution in [3.05, 3.63) is 18.2 Å². The highest BCUT2D eigenvalue weighted by Gasteiger charge is 2.39. The minimum atomic E-state index is 0.691. The maximum absolute atomic E-state index is 5.73. The van der Waals surface area contributed by atoms with Crippen molar-refractivity contribution in [2.45, 2.75) is 39.5 Å². The molecule has 1 N–H and O–H groups in total. The summed E-state index contributed by atoms with van der Waals surface area (Å²) in [4.78, 5) is 0. The fourth-order valence-corrected chi connectivity index (χ4v) is 4.05. The number of hydrogen-bond donors (Lipinski definition) is 1. The number of benzene rings is 1. The van der Waals surface area contributed by atoms with Gasteiger partial charge in [-0.05, 0) is 63.0 Å². The molecule has 3 nitrogen and oxygen atoms in total. The fraction of sp³-hybridized carbons (Fsp3) is 0.667. The van der Waals surface area contributed by atoms with Crippen LogP contribution in [0.1, 0.15) is 39.5 Å². The van der Waals surface area contributed by atoms with E-state index in [9.17, 15) is 0 Å². The molecule has 116 valence electrons. The average molecular weight is 289 g/mol. The van der Waals surface area contributed by atoms with E-state index >= 15 is 0 Å². The van der Waals surface area contributed by atoms with Gasteiger partial charge in [0, 0.05) is 12.6 Å². The van der Waals surface area contributed by atoms with E-state index in [-0.39, 0.29) is 0 Å². The Kier molecular flexibility index (Phi) is 4.57. The zero-order valence-corrected chi connectivity index (χ0v) is 13.2. The van der Waals surface area contributed by atoms with E-state index in [4.69, 9.17) is 9.47 Å². The first-order valence-corrected chi connectivity index (χ1v) is 8.43. The molecule has 2 aliphatic carbocycles. The molecule has 2 bridgehead atoms. The number of ether oxygens (including phenoxy) is 2. The molecule has 0 aromatic heterocycles. The summed E-state index contributed by atoms with van der Waals surface area (Å²) in [5.41, 5.74) is 1.07. The molecule has 0 amide bonds. The largest absolute Gasteiger partial charge is 0.494 e. The fourth-order valence-electron chi connectivity index (χ4n) is 4.05. The summed E-state index contributed by atoms with van der Waals surface area (Å²) in [6.07, 6.45) is 5.77. The predicted molar refractivity (Wildman–Crippen MR) is 86.2 cm³/mol. The summed E-state index contributed by atoms with van der Waals surface area (Å²) in [5, 5.41) is 3.62. The van der Waals surface area contributed by atoms with Gasteiger partial charge in [0.25, 0.3) is 0 Å². The molecule has 21 heavy (non-hydrogen) atoms. The number of hydrogen-bond acceptors (Lipinski definition) is 3. The van der Waals surface area contributed by atoms with Crippen LogP contribution in [0.2, 0.25) is 0 Å². The lowest BCUT2D eigenvalue weighted by Crippen LogP contribution is -2.20. The summed E-state index contributed by atoms with van der Waals surface area (Å²) in [5.74, 6) is 4.64. The Morgan fingerprint density at radius 2 is 1.95 bits per heavy atom. The van der Waals surface area contributed by atoms with Gasteiger partial charge in [-0.3, -0.25) is 0 Å². The van der Waals surface area contributed by atoms with Crippen LogP contribution in [0.25, 0.3) is 0 Å². The molecule has 3 rings (SSSR count). The van der Waals surface area contributed by atoms with E-state index in [2.05, 4.69) is 11.4 Å².